The normalized spacial score (nSPS) is 23.0. The first-order valence-corrected chi connectivity index (χ1v) is 8.44. The van der Waals surface area contributed by atoms with Crippen LogP contribution in [0.25, 0.3) is 0 Å². The molecular weight excluding hydrogens is 294 g/mol. The highest BCUT2D eigenvalue weighted by atomic mass is 32.2. The van der Waals surface area contributed by atoms with Crippen molar-refractivity contribution in [1.82, 2.24) is 4.31 Å². The largest absolute Gasteiger partial charge is 0.489 e. The highest BCUT2D eigenvalue weighted by Gasteiger charge is 2.30. The number of hydrogen-bond acceptors (Lipinski definition) is 5. The fraction of sp³-hybridized carbons (Fsp3) is 0.571. The molecule has 0 spiro atoms. The van der Waals surface area contributed by atoms with Gasteiger partial charge in [0.25, 0.3) is 0 Å². The average molecular weight is 313 g/mol. The number of hydrogen-bond donors (Lipinski definition) is 0. The Bertz CT molecular complexity index is 606. The van der Waals surface area contributed by atoms with Crippen LogP contribution in [-0.4, -0.2) is 58.3 Å². The van der Waals surface area contributed by atoms with Gasteiger partial charge in [0.15, 0.2) is 0 Å². The third-order valence-electron chi connectivity index (χ3n) is 3.51. The van der Waals surface area contributed by atoms with Crippen LogP contribution >= 0.6 is 0 Å². The van der Waals surface area contributed by atoms with Crippen LogP contribution in [0.5, 0.6) is 5.75 Å². The van der Waals surface area contributed by atoms with Gasteiger partial charge in [0.1, 0.15) is 23.4 Å². The third kappa shape index (κ3) is 3.37. The molecule has 2 aliphatic rings. The summed E-state index contributed by atoms with van der Waals surface area (Å²) in [5.74, 6) is 0.400. The van der Waals surface area contributed by atoms with E-state index < -0.39 is 10.0 Å². The number of benzene rings is 1. The highest BCUT2D eigenvalue weighted by molar-refractivity contribution is 7.89. The van der Waals surface area contributed by atoms with Crippen molar-refractivity contribution >= 4 is 10.0 Å². The van der Waals surface area contributed by atoms with Gasteiger partial charge >= 0.3 is 0 Å². The lowest BCUT2D eigenvalue weighted by Gasteiger charge is -2.26. The van der Waals surface area contributed by atoms with Crippen molar-refractivity contribution in [2.24, 2.45) is 0 Å². The Labute approximate surface area is 124 Å². The van der Waals surface area contributed by atoms with E-state index in [0.717, 1.165) is 5.56 Å². The van der Waals surface area contributed by atoms with Crippen molar-refractivity contribution < 1.29 is 22.6 Å². The summed E-state index contributed by atoms with van der Waals surface area (Å²) in [6.07, 6.45) is 0.0875. The lowest BCUT2D eigenvalue weighted by molar-refractivity contribution is 0.0729. The minimum atomic E-state index is -3.55. The van der Waals surface area contributed by atoms with Crippen molar-refractivity contribution in [3.63, 3.8) is 0 Å². The molecule has 0 aliphatic carbocycles. The molecule has 7 heteroatoms. The van der Waals surface area contributed by atoms with Crippen LogP contribution in [0.3, 0.4) is 0 Å². The molecule has 2 saturated heterocycles. The quantitative estimate of drug-likeness (QED) is 0.752. The van der Waals surface area contributed by atoms with Gasteiger partial charge in [-0.3, -0.25) is 0 Å². The van der Waals surface area contributed by atoms with Crippen molar-refractivity contribution in [1.29, 1.82) is 0 Å². The Balaban J connectivity index is 1.87. The Morgan fingerprint density at radius 2 is 2.05 bits per heavy atom. The minimum Gasteiger partial charge on any atom is -0.489 e. The zero-order valence-electron chi connectivity index (χ0n) is 11.9. The first kappa shape index (κ1) is 14.8. The number of nitrogens with zero attached hydrogens (tertiary/aromatic N) is 1. The number of aryl methyl sites for hydroxylation is 1. The van der Waals surface area contributed by atoms with E-state index in [-0.39, 0.29) is 11.0 Å². The summed E-state index contributed by atoms with van der Waals surface area (Å²) < 4.78 is 42.9. The summed E-state index contributed by atoms with van der Waals surface area (Å²) in [4.78, 5) is 0.218. The number of rotatable bonds is 5. The van der Waals surface area contributed by atoms with Gasteiger partial charge in [-0.1, -0.05) is 6.07 Å². The van der Waals surface area contributed by atoms with Crippen LogP contribution in [-0.2, 0) is 19.5 Å². The van der Waals surface area contributed by atoms with E-state index in [1.165, 1.54) is 4.31 Å². The molecule has 0 aromatic heterocycles. The molecular formula is C14H19NO5S. The van der Waals surface area contributed by atoms with Gasteiger partial charge in [-0.05, 0) is 24.6 Å². The monoisotopic (exact) mass is 313 g/mol. The standard InChI is InChI=1S/C14H19NO5S/c1-11-2-3-14(13(8-11)20-10-12-9-19-12)21(16,17)15-4-6-18-7-5-15/h2-3,8,12H,4-7,9-10H2,1H3. The topological polar surface area (TPSA) is 68.4 Å². The second-order valence-electron chi connectivity index (χ2n) is 5.23. The number of sulfonamides is 1. The van der Waals surface area contributed by atoms with E-state index in [1.54, 1.807) is 18.2 Å². The summed E-state index contributed by atoms with van der Waals surface area (Å²) in [5, 5.41) is 0. The zero-order valence-corrected chi connectivity index (χ0v) is 12.8. The lowest BCUT2D eigenvalue weighted by atomic mass is 10.2. The van der Waals surface area contributed by atoms with Gasteiger partial charge in [0.2, 0.25) is 10.0 Å². The van der Waals surface area contributed by atoms with Crippen molar-refractivity contribution in [3.05, 3.63) is 23.8 Å². The number of morpholine rings is 1. The van der Waals surface area contributed by atoms with Crippen LogP contribution in [0.1, 0.15) is 5.56 Å². The van der Waals surface area contributed by atoms with Gasteiger partial charge in [-0.2, -0.15) is 4.31 Å². The lowest BCUT2D eigenvalue weighted by Crippen LogP contribution is -2.40. The van der Waals surface area contributed by atoms with Crippen LogP contribution in [0.2, 0.25) is 0 Å². The van der Waals surface area contributed by atoms with Gasteiger partial charge in [0, 0.05) is 13.1 Å². The molecule has 0 saturated carbocycles. The van der Waals surface area contributed by atoms with Crippen LogP contribution in [0, 0.1) is 6.92 Å². The molecule has 1 aromatic carbocycles. The molecule has 0 amide bonds. The second-order valence-corrected chi connectivity index (χ2v) is 7.14. The molecule has 1 aromatic rings. The Kier molecular flexibility index (Phi) is 4.17. The molecule has 2 heterocycles. The summed E-state index contributed by atoms with van der Waals surface area (Å²) >= 11 is 0. The first-order chi connectivity index (χ1) is 10.1. The van der Waals surface area contributed by atoms with Gasteiger partial charge in [-0.25, -0.2) is 8.42 Å². The molecule has 2 fully saturated rings. The summed E-state index contributed by atoms with van der Waals surface area (Å²) in [7, 11) is -3.55. The fourth-order valence-electron chi connectivity index (χ4n) is 2.21. The predicted molar refractivity (Wildman–Crippen MR) is 76.0 cm³/mol. The molecule has 0 N–H and O–H groups in total. The smallest absolute Gasteiger partial charge is 0.246 e. The zero-order chi connectivity index (χ0) is 14.9. The van der Waals surface area contributed by atoms with E-state index >= 15 is 0 Å². The van der Waals surface area contributed by atoms with Crippen LogP contribution in [0.15, 0.2) is 23.1 Å². The van der Waals surface area contributed by atoms with E-state index in [1.807, 2.05) is 6.92 Å². The maximum absolute atomic E-state index is 12.7. The second kappa shape index (κ2) is 5.92. The molecule has 0 radical (unpaired) electrons. The fourth-order valence-corrected chi connectivity index (χ4v) is 3.73. The third-order valence-corrected chi connectivity index (χ3v) is 5.45. The van der Waals surface area contributed by atoms with Crippen molar-refractivity contribution in [2.45, 2.75) is 17.9 Å². The predicted octanol–water partition coefficient (Wildman–Crippen LogP) is 0.794. The summed E-state index contributed by atoms with van der Waals surface area (Å²) in [5.41, 5.74) is 0.961. The Morgan fingerprint density at radius 1 is 1.33 bits per heavy atom. The van der Waals surface area contributed by atoms with E-state index in [0.29, 0.717) is 45.3 Å². The van der Waals surface area contributed by atoms with Crippen LogP contribution < -0.4 is 4.74 Å². The van der Waals surface area contributed by atoms with Gasteiger partial charge in [-0.15, -0.1) is 0 Å². The molecule has 0 bridgehead atoms. The minimum absolute atomic E-state index is 0.0875. The molecule has 21 heavy (non-hydrogen) atoms. The van der Waals surface area contributed by atoms with Crippen molar-refractivity contribution in [3.8, 4) is 5.75 Å². The maximum atomic E-state index is 12.7. The molecule has 1 atom stereocenters. The average Bonchev–Trinajstić information content (AvgIpc) is 3.30. The molecule has 116 valence electrons. The summed E-state index contributed by atoms with van der Waals surface area (Å²) in [6.45, 7) is 4.58. The molecule has 6 nitrogen and oxygen atoms in total. The first-order valence-electron chi connectivity index (χ1n) is 7.00. The molecule has 2 aliphatic heterocycles. The Hall–Kier alpha value is -1.15. The molecule has 3 rings (SSSR count). The SMILES string of the molecule is Cc1ccc(S(=O)(=O)N2CCOCC2)c(OCC2CO2)c1. The van der Waals surface area contributed by atoms with Crippen LogP contribution in [0.4, 0.5) is 0 Å². The Morgan fingerprint density at radius 3 is 2.71 bits per heavy atom. The van der Waals surface area contributed by atoms with E-state index in [2.05, 4.69) is 0 Å². The van der Waals surface area contributed by atoms with Gasteiger partial charge < -0.3 is 14.2 Å². The summed E-state index contributed by atoms with van der Waals surface area (Å²) in [6, 6.07) is 5.16. The maximum Gasteiger partial charge on any atom is 0.246 e. The molecule has 1 unspecified atom stereocenters. The highest BCUT2D eigenvalue weighted by Crippen LogP contribution is 2.29. The van der Waals surface area contributed by atoms with Crippen molar-refractivity contribution in [2.75, 3.05) is 39.5 Å². The van der Waals surface area contributed by atoms with Gasteiger partial charge in [0.05, 0.1) is 19.8 Å². The number of epoxide rings is 1. The van der Waals surface area contributed by atoms with E-state index in [4.69, 9.17) is 14.2 Å². The number of ether oxygens (including phenoxy) is 3. The van der Waals surface area contributed by atoms with E-state index in [9.17, 15) is 8.42 Å².